The maximum absolute atomic E-state index is 11.3. The number of ether oxygens (including phenoxy) is 1. The molecule has 1 aromatic rings. The second-order valence-corrected chi connectivity index (χ2v) is 5.80. The molecule has 1 amide bonds. The Labute approximate surface area is 125 Å². The zero-order chi connectivity index (χ0) is 14.7. The van der Waals surface area contributed by atoms with Gasteiger partial charge in [-0.2, -0.15) is 0 Å². The minimum atomic E-state index is 0.197. The summed E-state index contributed by atoms with van der Waals surface area (Å²) in [6.07, 6.45) is 4.31. The lowest BCUT2D eigenvalue weighted by Crippen LogP contribution is -2.37. The number of amides is 1. The minimum Gasteiger partial charge on any atom is -0.378 e. The van der Waals surface area contributed by atoms with Crippen molar-refractivity contribution in [1.82, 2.24) is 9.88 Å². The molecule has 2 aliphatic rings. The second kappa shape index (κ2) is 6.43. The van der Waals surface area contributed by atoms with Crippen LogP contribution in [-0.2, 0) is 9.53 Å². The number of anilines is 1. The summed E-state index contributed by atoms with van der Waals surface area (Å²) in [6, 6.07) is 4.44. The number of pyridine rings is 1. The van der Waals surface area contributed by atoms with Gasteiger partial charge in [-0.3, -0.25) is 4.79 Å². The molecule has 114 valence electrons. The Morgan fingerprint density at radius 2 is 2.05 bits per heavy atom. The van der Waals surface area contributed by atoms with Crippen LogP contribution in [-0.4, -0.2) is 49.1 Å². The van der Waals surface area contributed by atoms with E-state index < -0.39 is 0 Å². The van der Waals surface area contributed by atoms with E-state index >= 15 is 0 Å². The van der Waals surface area contributed by atoms with Gasteiger partial charge >= 0.3 is 0 Å². The largest absolute Gasteiger partial charge is 0.378 e. The smallest absolute Gasteiger partial charge is 0.210 e. The third-order valence-electron chi connectivity index (χ3n) is 4.49. The number of rotatable bonds is 3. The molecule has 3 heterocycles. The van der Waals surface area contributed by atoms with Crippen molar-refractivity contribution in [3.8, 4) is 0 Å². The number of aryl methyl sites for hydroxylation is 1. The van der Waals surface area contributed by atoms with Crippen molar-refractivity contribution >= 4 is 12.2 Å². The summed E-state index contributed by atoms with van der Waals surface area (Å²) in [6.45, 7) is 6.25. The molecule has 0 aromatic carbocycles. The molecule has 2 fully saturated rings. The summed E-state index contributed by atoms with van der Waals surface area (Å²) < 4.78 is 5.38. The highest BCUT2D eigenvalue weighted by Crippen LogP contribution is 2.32. The van der Waals surface area contributed by atoms with Gasteiger partial charge in [-0.1, -0.05) is 6.07 Å². The molecule has 2 saturated heterocycles. The molecule has 3 rings (SSSR count). The monoisotopic (exact) mass is 289 g/mol. The van der Waals surface area contributed by atoms with Crippen LogP contribution in [0.2, 0.25) is 0 Å². The van der Waals surface area contributed by atoms with Crippen LogP contribution in [0.5, 0.6) is 0 Å². The van der Waals surface area contributed by atoms with Gasteiger partial charge in [0.25, 0.3) is 0 Å². The van der Waals surface area contributed by atoms with Gasteiger partial charge in [0.1, 0.15) is 5.82 Å². The molecule has 5 nitrogen and oxygen atoms in total. The molecule has 0 radical (unpaired) electrons. The van der Waals surface area contributed by atoms with Gasteiger partial charge in [0.15, 0.2) is 0 Å². The van der Waals surface area contributed by atoms with Crippen LogP contribution in [0.3, 0.4) is 0 Å². The number of aromatic nitrogens is 1. The van der Waals surface area contributed by atoms with Gasteiger partial charge in [0.2, 0.25) is 6.41 Å². The molecule has 2 aliphatic heterocycles. The second-order valence-electron chi connectivity index (χ2n) is 5.80. The van der Waals surface area contributed by atoms with Gasteiger partial charge < -0.3 is 14.5 Å². The van der Waals surface area contributed by atoms with Gasteiger partial charge in [0.05, 0.1) is 19.3 Å². The third-order valence-corrected chi connectivity index (χ3v) is 4.49. The molecule has 0 bridgehead atoms. The first-order valence-corrected chi connectivity index (χ1v) is 7.81. The number of hydrogen-bond donors (Lipinski definition) is 0. The van der Waals surface area contributed by atoms with Crippen LogP contribution in [0.25, 0.3) is 0 Å². The number of morpholine rings is 1. The maximum atomic E-state index is 11.3. The van der Waals surface area contributed by atoms with Crippen LogP contribution in [0.4, 0.5) is 5.82 Å². The quantitative estimate of drug-likeness (QED) is 0.797. The van der Waals surface area contributed by atoms with E-state index in [1.54, 1.807) is 0 Å². The topological polar surface area (TPSA) is 45.7 Å². The Morgan fingerprint density at radius 3 is 2.76 bits per heavy atom. The lowest BCUT2D eigenvalue weighted by molar-refractivity contribution is -0.121. The SMILES string of the molecule is Cc1nc(N2CCOCC2)ccc1[C@@H]1CCCCN1C=O. The van der Waals surface area contributed by atoms with Crippen LogP contribution in [0.1, 0.15) is 36.6 Å². The zero-order valence-corrected chi connectivity index (χ0v) is 12.6. The molecular weight excluding hydrogens is 266 g/mol. The number of hydrogen-bond acceptors (Lipinski definition) is 4. The molecule has 0 spiro atoms. The van der Waals surface area contributed by atoms with E-state index in [4.69, 9.17) is 9.72 Å². The van der Waals surface area contributed by atoms with Crippen molar-refractivity contribution in [3.05, 3.63) is 23.4 Å². The Bertz CT molecular complexity index is 500. The Balaban J connectivity index is 1.81. The number of carbonyl (C=O) groups excluding carboxylic acids is 1. The van der Waals surface area contributed by atoms with Crippen molar-refractivity contribution in [3.63, 3.8) is 0 Å². The van der Waals surface area contributed by atoms with Gasteiger partial charge in [0, 0.05) is 25.3 Å². The van der Waals surface area contributed by atoms with Crippen LogP contribution >= 0.6 is 0 Å². The van der Waals surface area contributed by atoms with Crippen molar-refractivity contribution < 1.29 is 9.53 Å². The van der Waals surface area contributed by atoms with Crippen LogP contribution in [0.15, 0.2) is 12.1 Å². The van der Waals surface area contributed by atoms with Crippen LogP contribution < -0.4 is 4.90 Å². The molecule has 0 unspecified atom stereocenters. The number of carbonyl (C=O) groups is 1. The van der Waals surface area contributed by atoms with E-state index in [2.05, 4.69) is 24.0 Å². The highest BCUT2D eigenvalue weighted by atomic mass is 16.5. The fourth-order valence-electron chi connectivity index (χ4n) is 3.29. The summed E-state index contributed by atoms with van der Waals surface area (Å²) in [5.74, 6) is 1.02. The lowest BCUT2D eigenvalue weighted by atomic mass is 9.95. The van der Waals surface area contributed by atoms with E-state index in [9.17, 15) is 4.79 Å². The van der Waals surface area contributed by atoms with Gasteiger partial charge in [-0.15, -0.1) is 0 Å². The Kier molecular flexibility index (Phi) is 4.39. The minimum absolute atomic E-state index is 0.197. The highest BCUT2D eigenvalue weighted by molar-refractivity contribution is 5.50. The lowest BCUT2D eigenvalue weighted by Gasteiger charge is -2.34. The Hall–Kier alpha value is -1.62. The standard InChI is InChI=1S/C16H23N3O2/c1-13-14(15-4-2-3-7-19(15)12-20)5-6-16(17-13)18-8-10-21-11-9-18/h5-6,12,15H,2-4,7-11H2,1H3/t15-/m0/s1. The molecule has 1 atom stereocenters. The first-order chi connectivity index (χ1) is 10.3. The maximum Gasteiger partial charge on any atom is 0.210 e. The first kappa shape index (κ1) is 14.3. The zero-order valence-electron chi connectivity index (χ0n) is 12.6. The highest BCUT2D eigenvalue weighted by Gasteiger charge is 2.25. The molecule has 0 saturated carbocycles. The predicted octanol–water partition coefficient (Wildman–Crippen LogP) is 1.91. The summed E-state index contributed by atoms with van der Waals surface area (Å²) >= 11 is 0. The number of piperidine rings is 1. The first-order valence-electron chi connectivity index (χ1n) is 7.81. The van der Waals surface area contributed by atoms with Crippen molar-refractivity contribution in [2.45, 2.75) is 32.2 Å². The summed E-state index contributed by atoms with van der Waals surface area (Å²) in [4.78, 5) is 20.2. The molecule has 0 N–H and O–H groups in total. The van der Waals surface area contributed by atoms with Crippen molar-refractivity contribution in [2.24, 2.45) is 0 Å². The predicted molar refractivity (Wildman–Crippen MR) is 81.4 cm³/mol. The van der Waals surface area contributed by atoms with Crippen molar-refractivity contribution in [2.75, 3.05) is 37.7 Å². The normalized spacial score (nSPS) is 23.2. The summed E-state index contributed by atoms with van der Waals surface area (Å²) in [7, 11) is 0. The molecule has 0 aliphatic carbocycles. The van der Waals surface area contributed by atoms with E-state index in [0.29, 0.717) is 0 Å². The van der Waals surface area contributed by atoms with E-state index in [0.717, 1.165) is 63.6 Å². The average Bonchev–Trinajstić information content (AvgIpc) is 2.55. The molecular formula is C16H23N3O2. The van der Waals surface area contributed by atoms with E-state index in [-0.39, 0.29) is 6.04 Å². The summed E-state index contributed by atoms with van der Waals surface area (Å²) in [5, 5.41) is 0. The molecule has 21 heavy (non-hydrogen) atoms. The average molecular weight is 289 g/mol. The summed E-state index contributed by atoms with van der Waals surface area (Å²) in [5.41, 5.74) is 2.23. The number of likely N-dealkylation sites (tertiary alicyclic amines) is 1. The van der Waals surface area contributed by atoms with Gasteiger partial charge in [-0.05, 0) is 37.8 Å². The molecule has 5 heteroatoms. The van der Waals surface area contributed by atoms with Crippen LogP contribution in [0, 0.1) is 6.92 Å². The third kappa shape index (κ3) is 3.02. The van der Waals surface area contributed by atoms with E-state index in [1.807, 2.05) is 4.90 Å². The van der Waals surface area contributed by atoms with Gasteiger partial charge in [-0.25, -0.2) is 4.98 Å². The Morgan fingerprint density at radius 1 is 1.24 bits per heavy atom. The van der Waals surface area contributed by atoms with E-state index in [1.165, 1.54) is 12.0 Å². The number of nitrogens with zero attached hydrogens (tertiary/aromatic N) is 3. The fraction of sp³-hybridized carbons (Fsp3) is 0.625. The fourth-order valence-corrected chi connectivity index (χ4v) is 3.29. The molecule has 1 aromatic heterocycles. The van der Waals surface area contributed by atoms with Crippen molar-refractivity contribution in [1.29, 1.82) is 0 Å².